The summed E-state index contributed by atoms with van der Waals surface area (Å²) in [5, 5.41) is 50.9. The molecule has 0 bridgehead atoms. The second kappa shape index (κ2) is 8.85. The van der Waals surface area contributed by atoms with E-state index in [9.17, 15) is 4.79 Å². The Balaban J connectivity index is 0.000000473. The third-order valence-corrected chi connectivity index (χ3v) is 2.26. The predicted molar refractivity (Wildman–Crippen MR) is 60.2 cm³/mol. The van der Waals surface area contributed by atoms with E-state index in [4.69, 9.17) is 25.5 Å². The van der Waals surface area contributed by atoms with Gasteiger partial charge in [-0.05, 0) is 0 Å². The van der Waals surface area contributed by atoms with E-state index in [0.717, 1.165) is 0 Å². The van der Waals surface area contributed by atoms with Gasteiger partial charge in [0, 0.05) is 0 Å². The average molecular weight is 281 g/mol. The fourth-order valence-electron chi connectivity index (χ4n) is 0.827. The highest BCUT2D eigenvalue weighted by atomic mass is 32.1. The fourth-order valence-corrected chi connectivity index (χ4v) is 1.10. The lowest BCUT2D eigenvalue weighted by Gasteiger charge is -2.23. The van der Waals surface area contributed by atoms with Crippen molar-refractivity contribution in [2.75, 3.05) is 6.61 Å². The Morgan fingerprint density at radius 1 is 1.17 bits per heavy atom. The first-order valence-electron chi connectivity index (χ1n) is 4.73. The van der Waals surface area contributed by atoms with Crippen molar-refractivity contribution in [3.63, 3.8) is 0 Å². The van der Waals surface area contributed by atoms with Gasteiger partial charge in [-0.3, -0.25) is 4.79 Å². The summed E-state index contributed by atoms with van der Waals surface area (Å²) in [4.78, 5) is 10.3. The second-order valence-electron chi connectivity index (χ2n) is 3.16. The van der Waals surface area contributed by atoms with Crippen molar-refractivity contribution in [2.45, 2.75) is 24.4 Å². The van der Waals surface area contributed by atoms with Crippen LogP contribution in [0.4, 0.5) is 0 Å². The topological polar surface area (TPSA) is 170 Å². The number of aliphatic hydroxyl groups excluding tert-OH is 5. The molecule has 18 heavy (non-hydrogen) atoms. The first-order valence-corrected chi connectivity index (χ1v) is 5.67. The number of hydrogen-bond donors (Lipinski definition) is 6. The summed E-state index contributed by atoms with van der Waals surface area (Å²) in [6, 6.07) is 0. The predicted octanol–water partition coefficient (Wildman–Crippen LogP) is -3.55. The highest BCUT2D eigenvalue weighted by Gasteiger charge is 2.32. The van der Waals surface area contributed by atoms with E-state index in [0.29, 0.717) is 0 Å². The highest BCUT2D eigenvalue weighted by molar-refractivity contribution is 7.07. The van der Waals surface area contributed by atoms with E-state index in [1.807, 2.05) is 0 Å². The molecule has 1 aromatic rings. The molecule has 0 saturated carbocycles. The van der Waals surface area contributed by atoms with Crippen LogP contribution in [0.25, 0.3) is 0 Å². The molecule has 0 aliphatic heterocycles. The molecule has 4 unspecified atom stereocenters. The molecule has 0 aliphatic rings. The van der Waals surface area contributed by atoms with Gasteiger partial charge in [0.2, 0.25) is 5.91 Å². The van der Waals surface area contributed by atoms with Crippen LogP contribution in [0, 0.1) is 0 Å². The largest absolute Gasteiger partial charge is 0.394 e. The van der Waals surface area contributed by atoms with E-state index in [-0.39, 0.29) is 0 Å². The molecule has 10 heteroatoms. The zero-order valence-corrected chi connectivity index (χ0v) is 10.0. The minimum Gasteiger partial charge on any atom is -0.394 e. The lowest BCUT2D eigenvalue weighted by Crippen LogP contribution is -2.50. The van der Waals surface area contributed by atoms with E-state index in [1.54, 1.807) is 11.0 Å². The summed E-state index contributed by atoms with van der Waals surface area (Å²) in [5.41, 5.74) is 7.97. The summed E-state index contributed by atoms with van der Waals surface area (Å²) in [5.74, 6) is -1.23. The third kappa shape index (κ3) is 5.95. The number of aliphatic hydroxyl groups is 5. The number of carbonyl (C=O) groups excluding carboxylic acids is 1. The Morgan fingerprint density at radius 3 is 1.94 bits per heavy atom. The Morgan fingerprint density at radius 2 is 1.67 bits per heavy atom. The molecule has 0 saturated heterocycles. The molecule has 0 spiro atoms. The highest BCUT2D eigenvalue weighted by Crippen LogP contribution is 2.04. The number of nitrogens with zero attached hydrogens (tertiary/aromatic N) is 2. The maximum Gasteiger partial charge on any atom is 0.249 e. The van der Waals surface area contributed by atoms with Gasteiger partial charge < -0.3 is 31.3 Å². The number of rotatable bonds is 5. The van der Waals surface area contributed by atoms with Crippen molar-refractivity contribution in [1.29, 1.82) is 0 Å². The van der Waals surface area contributed by atoms with E-state index in [2.05, 4.69) is 15.9 Å². The number of aromatic nitrogens is 2. The Labute approximate surface area is 106 Å². The molecule has 1 amide bonds. The van der Waals surface area contributed by atoms with Crippen molar-refractivity contribution in [3.05, 3.63) is 11.0 Å². The molecule has 0 aliphatic carbocycles. The lowest BCUT2D eigenvalue weighted by atomic mass is 10.0. The molecule has 1 rings (SSSR count). The minimum atomic E-state index is -1.98. The lowest BCUT2D eigenvalue weighted by molar-refractivity contribution is -0.146. The molecule has 1 aromatic heterocycles. The van der Waals surface area contributed by atoms with Gasteiger partial charge >= 0.3 is 0 Å². The van der Waals surface area contributed by atoms with Crippen LogP contribution >= 0.6 is 11.3 Å². The van der Waals surface area contributed by atoms with E-state index >= 15 is 0 Å². The molecule has 9 nitrogen and oxygen atoms in total. The van der Waals surface area contributed by atoms with Crippen molar-refractivity contribution < 1.29 is 30.3 Å². The number of carbonyl (C=O) groups is 1. The van der Waals surface area contributed by atoms with Crippen molar-refractivity contribution in [2.24, 2.45) is 5.73 Å². The number of hydrogen-bond acceptors (Lipinski definition) is 9. The van der Waals surface area contributed by atoms with Crippen LogP contribution in [0.15, 0.2) is 11.0 Å². The quantitative estimate of drug-likeness (QED) is 0.322. The van der Waals surface area contributed by atoms with Crippen molar-refractivity contribution in [3.8, 4) is 0 Å². The second-order valence-corrected chi connectivity index (χ2v) is 3.85. The summed E-state index contributed by atoms with van der Waals surface area (Å²) in [7, 11) is 0. The standard InChI is InChI=1S/C6H13NO6.C2H2N2S/c7-6(13)5(12)4(11)3(10)2(9)1-8;1-3-4-2-5-1/h2-5,8-12H,1H2,(H2,7,13);1-2H. The zero-order valence-electron chi connectivity index (χ0n) is 9.20. The van der Waals surface area contributed by atoms with Crippen LogP contribution < -0.4 is 5.73 Å². The summed E-state index contributed by atoms with van der Waals surface area (Å²) < 4.78 is 0. The van der Waals surface area contributed by atoms with Gasteiger partial charge in [0.15, 0.2) is 6.10 Å². The van der Waals surface area contributed by atoms with Gasteiger partial charge in [-0.25, -0.2) is 0 Å². The average Bonchev–Trinajstić information content (AvgIpc) is 2.93. The van der Waals surface area contributed by atoms with Crippen LogP contribution in [0.1, 0.15) is 0 Å². The summed E-state index contributed by atoms with van der Waals surface area (Å²) in [6.07, 6.45) is -7.35. The maximum atomic E-state index is 10.3. The van der Waals surface area contributed by atoms with Crippen molar-refractivity contribution >= 4 is 17.2 Å². The van der Waals surface area contributed by atoms with Crippen LogP contribution in [-0.2, 0) is 4.79 Å². The minimum absolute atomic E-state index is 0.802. The molecule has 104 valence electrons. The SMILES string of the molecule is NC(=O)C(O)C(O)C(O)C(O)CO.c1nncs1. The first-order chi connectivity index (χ1) is 8.41. The molecular weight excluding hydrogens is 266 g/mol. The molecule has 4 atom stereocenters. The van der Waals surface area contributed by atoms with Gasteiger partial charge in [0.25, 0.3) is 0 Å². The maximum absolute atomic E-state index is 10.3. The van der Waals surface area contributed by atoms with Crippen LogP contribution in [-0.4, -0.2) is 72.7 Å². The number of nitrogens with two attached hydrogens (primary N) is 1. The van der Waals surface area contributed by atoms with Gasteiger partial charge in [-0.1, -0.05) is 0 Å². The number of amides is 1. The van der Waals surface area contributed by atoms with Crippen LogP contribution in [0.2, 0.25) is 0 Å². The Kier molecular flexibility index (Phi) is 8.28. The first kappa shape index (κ1) is 16.8. The summed E-state index contributed by atoms with van der Waals surface area (Å²) in [6.45, 7) is -0.802. The molecule has 7 N–H and O–H groups in total. The normalized spacial score (nSPS) is 16.9. The van der Waals surface area contributed by atoms with E-state index in [1.165, 1.54) is 11.3 Å². The van der Waals surface area contributed by atoms with E-state index < -0.39 is 36.9 Å². The number of primary amides is 1. The Hall–Kier alpha value is -1.17. The molecule has 0 fully saturated rings. The van der Waals surface area contributed by atoms with Crippen LogP contribution in [0.3, 0.4) is 0 Å². The van der Waals surface area contributed by atoms with Gasteiger partial charge in [0.1, 0.15) is 29.3 Å². The van der Waals surface area contributed by atoms with Crippen LogP contribution in [0.5, 0.6) is 0 Å². The molecule has 0 aromatic carbocycles. The van der Waals surface area contributed by atoms with Gasteiger partial charge in [-0.15, -0.1) is 21.5 Å². The Bertz CT molecular complexity index is 307. The third-order valence-electron chi connectivity index (χ3n) is 1.83. The monoisotopic (exact) mass is 281 g/mol. The molecule has 1 heterocycles. The van der Waals surface area contributed by atoms with Gasteiger partial charge in [0.05, 0.1) is 6.61 Å². The summed E-state index contributed by atoms with van der Waals surface area (Å²) >= 11 is 1.49. The molecule has 0 radical (unpaired) electrons. The van der Waals surface area contributed by atoms with Gasteiger partial charge in [-0.2, -0.15) is 0 Å². The van der Waals surface area contributed by atoms with Crippen molar-refractivity contribution in [1.82, 2.24) is 10.2 Å². The molecular formula is C8H15N3O6S. The fraction of sp³-hybridized carbons (Fsp3) is 0.625. The zero-order chi connectivity index (χ0) is 14.1. The smallest absolute Gasteiger partial charge is 0.249 e.